The van der Waals surface area contributed by atoms with Gasteiger partial charge in [-0.1, -0.05) is 76.0 Å². The number of nitrogens with zero attached hydrogens (tertiary/aromatic N) is 1. The minimum atomic E-state index is -0.610. The molecule has 13 heteroatoms. The van der Waals surface area contributed by atoms with Crippen molar-refractivity contribution in [1.82, 2.24) is 4.90 Å². The van der Waals surface area contributed by atoms with Gasteiger partial charge in [0.15, 0.2) is 6.61 Å². The molecule has 0 aliphatic carbocycles. The molecule has 0 bridgehead atoms. The molecule has 3 rings (SSSR count). The average molecular weight is 601 g/mol. The van der Waals surface area contributed by atoms with Crippen LogP contribution in [-0.2, 0) is 14.3 Å². The van der Waals surface area contributed by atoms with Crippen LogP contribution in [0.15, 0.2) is 18.2 Å². The first-order valence-corrected chi connectivity index (χ1v) is 12.4. The molecule has 0 saturated carbocycles. The molecule has 1 heterocycles. The van der Waals surface area contributed by atoms with Crippen LogP contribution in [0.4, 0.5) is 5.69 Å². The van der Waals surface area contributed by atoms with Gasteiger partial charge in [0.2, 0.25) is 0 Å². The first kappa shape index (κ1) is 27.8. The molecule has 0 aromatic heterocycles. The molecule has 2 aromatic rings. The summed E-state index contributed by atoms with van der Waals surface area (Å²) in [7, 11) is 0. The van der Waals surface area contributed by atoms with E-state index in [0.29, 0.717) is 30.0 Å². The van der Waals surface area contributed by atoms with Crippen LogP contribution in [0, 0.1) is 0 Å². The normalized spacial score (nSPS) is 12.7. The fourth-order valence-corrected chi connectivity index (χ4v) is 4.78. The van der Waals surface area contributed by atoms with E-state index in [0.717, 1.165) is 4.90 Å². The quantitative estimate of drug-likeness (QED) is 0.111. The van der Waals surface area contributed by atoms with Gasteiger partial charge < -0.3 is 10.1 Å². The minimum Gasteiger partial charge on any atom is -0.456 e. The molecule has 0 saturated heterocycles. The van der Waals surface area contributed by atoms with Gasteiger partial charge in [0.1, 0.15) is 0 Å². The van der Waals surface area contributed by atoms with Gasteiger partial charge in [0.25, 0.3) is 17.7 Å². The van der Waals surface area contributed by atoms with Crippen LogP contribution in [0.5, 0.6) is 0 Å². The second kappa shape index (κ2) is 12.0. The maximum atomic E-state index is 12.7. The van der Waals surface area contributed by atoms with Gasteiger partial charge in [0.05, 0.1) is 41.9 Å². The number of esters is 1. The lowest BCUT2D eigenvalue weighted by Gasteiger charge is -2.13. The van der Waals surface area contributed by atoms with Crippen LogP contribution in [-0.4, -0.2) is 41.7 Å². The van der Waals surface area contributed by atoms with Crippen molar-refractivity contribution in [3.8, 4) is 0 Å². The van der Waals surface area contributed by atoms with Gasteiger partial charge in [-0.25, -0.2) is 0 Å². The van der Waals surface area contributed by atoms with E-state index >= 15 is 0 Å². The maximum absolute atomic E-state index is 12.7. The summed E-state index contributed by atoms with van der Waals surface area (Å²) in [6.07, 6.45) is 1.41. The molecule has 35 heavy (non-hydrogen) atoms. The molecule has 3 amide bonds. The van der Waals surface area contributed by atoms with E-state index in [1.54, 1.807) is 6.07 Å². The maximum Gasteiger partial charge on any atom is 0.306 e. The first-order chi connectivity index (χ1) is 16.5. The van der Waals surface area contributed by atoms with Gasteiger partial charge in [0, 0.05) is 18.0 Å². The van der Waals surface area contributed by atoms with Crippen LogP contribution < -0.4 is 5.32 Å². The molecule has 1 aliphatic rings. The Bertz CT molecular complexity index is 1170. The van der Waals surface area contributed by atoms with E-state index in [1.165, 1.54) is 12.1 Å². The lowest BCUT2D eigenvalue weighted by Crippen LogP contribution is -2.30. The Hall–Kier alpha value is -1.74. The minimum absolute atomic E-state index is 0.0555. The Morgan fingerprint density at radius 1 is 0.829 bits per heavy atom. The Labute approximate surface area is 230 Å². The Morgan fingerprint density at radius 3 is 2.00 bits per heavy atom. The smallest absolute Gasteiger partial charge is 0.306 e. The summed E-state index contributed by atoms with van der Waals surface area (Å²) >= 11 is 36.0. The van der Waals surface area contributed by atoms with E-state index in [2.05, 4.69) is 5.32 Å². The van der Waals surface area contributed by atoms with Crippen LogP contribution in [0.2, 0.25) is 30.1 Å². The zero-order valence-corrected chi connectivity index (χ0v) is 22.3. The monoisotopic (exact) mass is 598 g/mol. The van der Waals surface area contributed by atoms with Crippen molar-refractivity contribution in [2.75, 3.05) is 18.5 Å². The zero-order chi connectivity index (χ0) is 25.9. The Morgan fingerprint density at radius 2 is 1.43 bits per heavy atom. The molecule has 2 aromatic carbocycles. The molecule has 0 atom stereocenters. The summed E-state index contributed by atoms with van der Waals surface area (Å²) in [5.74, 6) is -2.33. The number of imide groups is 1. The molecule has 7 nitrogen and oxygen atoms in total. The van der Waals surface area contributed by atoms with E-state index in [4.69, 9.17) is 74.3 Å². The molecule has 1 aliphatic heterocycles. The number of carbonyl (C=O) groups is 4. The number of hydrogen-bond acceptors (Lipinski definition) is 5. The molecule has 1 N–H and O–H groups in total. The van der Waals surface area contributed by atoms with E-state index in [1.807, 2.05) is 0 Å². The molecular formula is C22H16Cl6N2O5. The largest absolute Gasteiger partial charge is 0.456 e. The predicted molar refractivity (Wildman–Crippen MR) is 136 cm³/mol. The first-order valence-electron chi connectivity index (χ1n) is 10.2. The highest BCUT2D eigenvalue weighted by molar-refractivity contribution is 6.55. The highest BCUT2D eigenvalue weighted by atomic mass is 35.5. The van der Waals surface area contributed by atoms with Crippen molar-refractivity contribution in [2.24, 2.45) is 0 Å². The van der Waals surface area contributed by atoms with Crippen molar-refractivity contribution in [3.05, 3.63) is 59.5 Å². The van der Waals surface area contributed by atoms with Crippen LogP contribution in [0.1, 0.15) is 46.4 Å². The predicted octanol–water partition coefficient (Wildman–Crippen LogP) is 6.95. The van der Waals surface area contributed by atoms with Crippen molar-refractivity contribution in [1.29, 1.82) is 0 Å². The third kappa shape index (κ3) is 6.34. The number of ether oxygens (including phenoxy) is 1. The van der Waals surface area contributed by atoms with Gasteiger partial charge in [-0.05, 0) is 31.0 Å². The SMILES string of the molecule is O=C(COC(=O)CCCCCN1C(=O)c2c(Cl)c(Cl)c(Cl)c(Cl)c2C1=O)Nc1ccc(Cl)cc1Cl. The van der Waals surface area contributed by atoms with Gasteiger partial charge in [-0.3, -0.25) is 24.1 Å². The second-order valence-electron chi connectivity index (χ2n) is 7.41. The average Bonchev–Trinajstić information content (AvgIpc) is 3.06. The summed E-state index contributed by atoms with van der Waals surface area (Å²) in [5.41, 5.74) is 0.202. The fourth-order valence-electron chi connectivity index (χ4n) is 3.31. The van der Waals surface area contributed by atoms with Gasteiger partial charge in [-0.2, -0.15) is 0 Å². The topological polar surface area (TPSA) is 92.8 Å². The van der Waals surface area contributed by atoms with Gasteiger partial charge >= 0.3 is 5.97 Å². The molecule has 0 spiro atoms. The number of hydrogen-bond donors (Lipinski definition) is 1. The number of halogens is 6. The lowest BCUT2D eigenvalue weighted by molar-refractivity contribution is -0.147. The van der Waals surface area contributed by atoms with E-state index < -0.39 is 30.3 Å². The highest BCUT2D eigenvalue weighted by Crippen LogP contribution is 2.44. The van der Waals surface area contributed by atoms with Crippen molar-refractivity contribution < 1.29 is 23.9 Å². The van der Waals surface area contributed by atoms with Crippen molar-refractivity contribution in [2.45, 2.75) is 25.7 Å². The summed E-state index contributed by atoms with van der Waals surface area (Å²) in [6.45, 7) is -0.382. The third-order valence-corrected chi connectivity index (χ3v) is 7.37. The number of rotatable bonds is 9. The second-order valence-corrected chi connectivity index (χ2v) is 9.77. The molecule has 186 valence electrons. The van der Waals surface area contributed by atoms with Gasteiger partial charge in [-0.15, -0.1) is 0 Å². The fraction of sp³-hybridized carbons (Fsp3) is 0.273. The zero-order valence-electron chi connectivity index (χ0n) is 17.7. The summed E-state index contributed by atoms with van der Waals surface area (Å²) < 4.78 is 4.95. The number of benzene rings is 2. The lowest BCUT2D eigenvalue weighted by atomic mass is 10.1. The molecule has 0 unspecified atom stereocenters. The van der Waals surface area contributed by atoms with Crippen LogP contribution in [0.3, 0.4) is 0 Å². The van der Waals surface area contributed by atoms with Crippen molar-refractivity contribution >= 4 is 99.0 Å². The number of carbonyl (C=O) groups excluding carboxylic acids is 4. The summed E-state index contributed by atoms with van der Waals surface area (Å²) in [5, 5.41) is 2.76. The number of fused-ring (bicyclic) bond motifs is 1. The number of nitrogens with one attached hydrogen (secondary N) is 1. The number of anilines is 1. The summed E-state index contributed by atoms with van der Waals surface area (Å²) in [4.78, 5) is 50.2. The van der Waals surface area contributed by atoms with Crippen LogP contribution >= 0.6 is 69.6 Å². The third-order valence-electron chi connectivity index (χ3n) is 5.02. The highest BCUT2D eigenvalue weighted by Gasteiger charge is 2.41. The Kier molecular flexibility index (Phi) is 9.54. The van der Waals surface area contributed by atoms with Crippen LogP contribution in [0.25, 0.3) is 0 Å². The molecule has 0 fully saturated rings. The van der Waals surface area contributed by atoms with Crippen molar-refractivity contribution in [3.63, 3.8) is 0 Å². The number of unbranched alkanes of at least 4 members (excludes halogenated alkanes) is 2. The van der Waals surface area contributed by atoms with E-state index in [9.17, 15) is 19.2 Å². The summed E-state index contributed by atoms with van der Waals surface area (Å²) in [6, 6.07) is 4.56. The standard InChI is InChI=1S/C22H16Cl6N2O5/c23-10-5-6-12(11(24)8-10)29-13(31)9-35-14(32)4-2-1-3-7-30-21(33)15-16(22(30)34)18(26)20(28)19(27)17(15)25/h5-6,8H,1-4,7,9H2,(H,29,31). The van der Waals surface area contributed by atoms with E-state index in [-0.39, 0.29) is 49.2 Å². The molecule has 0 radical (unpaired) electrons. The number of amides is 3. The Balaban J connectivity index is 1.40. The molecular weight excluding hydrogens is 585 g/mol.